The minimum atomic E-state index is -5.71. The summed E-state index contributed by atoms with van der Waals surface area (Å²) in [5, 5.41) is 19.1. The maximum absolute atomic E-state index is 13.2. The summed E-state index contributed by atoms with van der Waals surface area (Å²) in [4.78, 5) is 16.8. The average Bonchev–Trinajstić information content (AvgIpc) is 3.16. The second-order valence-electron chi connectivity index (χ2n) is 9.70. The van der Waals surface area contributed by atoms with Gasteiger partial charge in [0.15, 0.2) is 5.69 Å². The molecule has 1 fully saturated rings. The molecular formula is C23H29ClF5N5O4S. The van der Waals surface area contributed by atoms with Gasteiger partial charge in [-0.25, -0.2) is 13.4 Å². The molecule has 0 radical (unpaired) electrons. The summed E-state index contributed by atoms with van der Waals surface area (Å²) < 4.78 is 88.7. The number of rotatable bonds is 9. The molecule has 3 N–H and O–H groups in total. The molecule has 218 valence electrons. The molecule has 2 aromatic rings. The van der Waals surface area contributed by atoms with Gasteiger partial charge < -0.3 is 15.7 Å². The van der Waals surface area contributed by atoms with E-state index in [9.17, 15) is 40.3 Å². The van der Waals surface area contributed by atoms with Crippen molar-refractivity contribution in [1.29, 1.82) is 0 Å². The van der Waals surface area contributed by atoms with Gasteiger partial charge >= 0.3 is 12.1 Å². The predicted molar refractivity (Wildman–Crippen MR) is 135 cm³/mol. The van der Waals surface area contributed by atoms with Crippen LogP contribution < -0.4 is 10.6 Å². The Morgan fingerprint density at radius 3 is 2.38 bits per heavy atom. The molecule has 0 spiro atoms. The van der Waals surface area contributed by atoms with E-state index in [1.165, 1.54) is 16.9 Å². The van der Waals surface area contributed by atoms with E-state index in [-0.39, 0.29) is 61.0 Å². The zero-order chi connectivity index (χ0) is 29.4. The molecule has 39 heavy (non-hydrogen) atoms. The number of hydrogen-bond donors (Lipinski definition) is 3. The third-order valence-corrected chi connectivity index (χ3v) is 8.77. The van der Waals surface area contributed by atoms with E-state index in [1.807, 2.05) is 5.32 Å². The van der Waals surface area contributed by atoms with Crippen molar-refractivity contribution in [3.8, 4) is 11.3 Å². The summed E-state index contributed by atoms with van der Waals surface area (Å²) in [6.07, 6.45) is -2.42. The quantitative estimate of drug-likeness (QED) is 0.371. The second kappa shape index (κ2) is 11.2. The van der Waals surface area contributed by atoms with Gasteiger partial charge in [-0.3, -0.25) is 9.48 Å². The Morgan fingerprint density at radius 2 is 1.87 bits per heavy atom. The molecule has 1 aliphatic carbocycles. The van der Waals surface area contributed by atoms with Crippen LogP contribution in [-0.2, 0) is 16.4 Å². The Bertz CT molecular complexity index is 1320. The summed E-state index contributed by atoms with van der Waals surface area (Å²) in [7, 11) is -3.23. The van der Waals surface area contributed by atoms with Crippen LogP contribution in [0, 0.1) is 6.92 Å². The van der Waals surface area contributed by atoms with Gasteiger partial charge in [0.2, 0.25) is 0 Å². The van der Waals surface area contributed by atoms with Gasteiger partial charge in [-0.1, -0.05) is 11.6 Å². The number of sulfone groups is 1. The van der Waals surface area contributed by atoms with Crippen molar-refractivity contribution in [1.82, 2.24) is 20.1 Å². The first-order valence-corrected chi connectivity index (χ1v) is 14.3. The van der Waals surface area contributed by atoms with Gasteiger partial charge in [-0.15, -0.1) is 0 Å². The SMILES string of the molecule is CCn1nc(C(=O)NC[C@]2(O)CC[C@@H](S(C)(=O)=O)CC2)c(Cl)c1-c1cnc(NCC(F)(F)C(F)(F)F)cc1C. The molecule has 0 bridgehead atoms. The molecule has 0 aromatic carbocycles. The van der Waals surface area contributed by atoms with E-state index >= 15 is 0 Å². The first-order chi connectivity index (χ1) is 17.9. The minimum Gasteiger partial charge on any atom is -0.388 e. The molecule has 16 heteroatoms. The molecule has 1 amide bonds. The normalized spacial score (nSPS) is 20.6. The van der Waals surface area contributed by atoms with E-state index < -0.39 is 45.2 Å². The van der Waals surface area contributed by atoms with Crippen LogP contribution in [0.4, 0.5) is 27.8 Å². The van der Waals surface area contributed by atoms with Crippen LogP contribution in [0.1, 0.15) is 48.7 Å². The number of carbonyl (C=O) groups is 1. The van der Waals surface area contributed by atoms with E-state index in [4.69, 9.17) is 11.6 Å². The molecule has 3 rings (SSSR count). The van der Waals surface area contributed by atoms with Gasteiger partial charge in [0.05, 0.1) is 28.1 Å². The Labute approximate surface area is 227 Å². The summed E-state index contributed by atoms with van der Waals surface area (Å²) in [6, 6.07) is 1.27. The fraction of sp³-hybridized carbons (Fsp3) is 0.609. The molecule has 2 aromatic heterocycles. The molecular weight excluding hydrogens is 573 g/mol. The number of aromatic nitrogens is 3. The first-order valence-electron chi connectivity index (χ1n) is 12.0. The zero-order valence-corrected chi connectivity index (χ0v) is 22.9. The lowest BCUT2D eigenvalue weighted by atomic mass is 9.84. The third-order valence-electron chi connectivity index (χ3n) is 6.73. The number of hydrogen-bond acceptors (Lipinski definition) is 7. The molecule has 1 saturated carbocycles. The largest absolute Gasteiger partial charge is 0.455 e. The number of pyridine rings is 1. The van der Waals surface area contributed by atoms with Gasteiger partial charge in [-0.2, -0.15) is 27.1 Å². The standard InChI is InChI=1S/C23H29ClF5N5O4S/c1-4-34-19(15-10-30-16(9-13(15)2)31-12-22(25,26)23(27,28)29)17(24)18(33-34)20(35)32-11-21(36)7-5-14(6-8-21)39(3,37)38/h9-10,14,36H,4-8,11-12H2,1-3H3,(H,30,31)(H,32,35)/t14-,21+. The lowest BCUT2D eigenvalue weighted by Crippen LogP contribution is -2.47. The number of carbonyl (C=O) groups excluding carboxylic acids is 1. The van der Waals surface area contributed by atoms with Crippen LogP contribution in [0.5, 0.6) is 0 Å². The molecule has 0 aliphatic heterocycles. The number of alkyl halides is 5. The Balaban J connectivity index is 1.75. The fourth-order valence-electron chi connectivity index (χ4n) is 4.34. The first kappa shape index (κ1) is 31.0. The summed E-state index contributed by atoms with van der Waals surface area (Å²) in [6.45, 7) is 1.74. The van der Waals surface area contributed by atoms with E-state index in [2.05, 4.69) is 15.4 Å². The highest BCUT2D eigenvalue weighted by molar-refractivity contribution is 7.91. The summed E-state index contributed by atoms with van der Waals surface area (Å²) >= 11 is 6.51. The number of nitrogens with zero attached hydrogens (tertiary/aromatic N) is 3. The molecule has 0 saturated heterocycles. The van der Waals surface area contributed by atoms with Crippen molar-refractivity contribution in [3.05, 3.63) is 28.5 Å². The van der Waals surface area contributed by atoms with Crippen molar-refractivity contribution in [3.63, 3.8) is 0 Å². The molecule has 0 atom stereocenters. The van der Waals surface area contributed by atoms with Crippen molar-refractivity contribution >= 4 is 33.2 Å². The molecule has 1 aliphatic rings. The summed E-state index contributed by atoms with van der Waals surface area (Å²) in [5.74, 6) is -5.84. The van der Waals surface area contributed by atoms with Crippen LogP contribution in [0.15, 0.2) is 12.3 Å². The second-order valence-corrected chi connectivity index (χ2v) is 12.4. The minimum absolute atomic E-state index is 0.0451. The maximum Gasteiger partial charge on any atom is 0.455 e. The zero-order valence-electron chi connectivity index (χ0n) is 21.4. The van der Waals surface area contributed by atoms with Gasteiger partial charge in [0.25, 0.3) is 5.91 Å². The summed E-state index contributed by atoms with van der Waals surface area (Å²) in [5.41, 5.74) is -0.351. The van der Waals surface area contributed by atoms with Gasteiger partial charge in [0.1, 0.15) is 15.7 Å². The molecule has 0 unspecified atom stereocenters. The smallest absolute Gasteiger partial charge is 0.388 e. The fourth-order valence-corrected chi connectivity index (χ4v) is 5.75. The molecule has 9 nitrogen and oxygen atoms in total. The number of nitrogens with one attached hydrogen (secondary N) is 2. The average molecular weight is 602 g/mol. The van der Waals surface area contributed by atoms with Crippen LogP contribution in [-0.4, -0.2) is 76.5 Å². The van der Waals surface area contributed by atoms with Crippen LogP contribution in [0.25, 0.3) is 11.3 Å². The van der Waals surface area contributed by atoms with Crippen LogP contribution >= 0.6 is 11.6 Å². The number of halogens is 6. The highest BCUT2D eigenvalue weighted by Gasteiger charge is 2.57. The lowest BCUT2D eigenvalue weighted by molar-refractivity contribution is -0.275. The van der Waals surface area contributed by atoms with Crippen LogP contribution in [0.2, 0.25) is 5.02 Å². The highest BCUT2D eigenvalue weighted by Crippen LogP contribution is 2.37. The maximum atomic E-state index is 13.2. The van der Waals surface area contributed by atoms with E-state index in [0.717, 1.165) is 6.26 Å². The number of amides is 1. The van der Waals surface area contributed by atoms with Crippen molar-refractivity contribution in [2.75, 3.05) is 24.7 Å². The van der Waals surface area contributed by atoms with Gasteiger partial charge in [-0.05, 0) is 51.2 Å². The van der Waals surface area contributed by atoms with Crippen LogP contribution in [0.3, 0.4) is 0 Å². The monoisotopic (exact) mass is 601 g/mol. The lowest BCUT2D eigenvalue weighted by Gasteiger charge is -2.35. The Hall–Kier alpha value is -2.52. The Morgan fingerprint density at radius 1 is 1.26 bits per heavy atom. The Kier molecular flexibility index (Phi) is 8.87. The topological polar surface area (TPSA) is 126 Å². The predicted octanol–water partition coefficient (Wildman–Crippen LogP) is 3.98. The molecule has 2 heterocycles. The van der Waals surface area contributed by atoms with Crippen molar-refractivity contribution < 1.29 is 40.3 Å². The number of aryl methyl sites for hydroxylation is 2. The number of anilines is 1. The number of aliphatic hydroxyl groups is 1. The van der Waals surface area contributed by atoms with E-state index in [1.54, 1.807) is 13.8 Å². The van der Waals surface area contributed by atoms with E-state index in [0.29, 0.717) is 11.1 Å². The van der Waals surface area contributed by atoms with Gasteiger partial charge in [0, 0.05) is 31.1 Å². The third kappa shape index (κ3) is 6.98. The highest BCUT2D eigenvalue weighted by atomic mass is 35.5. The van der Waals surface area contributed by atoms with Crippen molar-refractivity contribution in [2.45, 2.75) is 69.0 Å². The van der Waals surface area contributed by atoms with Crippen molar-refractivity contribution in [2.24, 2.45) is 0 Å².